The molecule has 3 nitrogen and oxygen atoms in total. The first kappa shape index (κ1) is 16.0. The monoisotopic (exact) mass is 328 g/mol. The highest BCUT2D eigenvalue weighted by Gasteiger charge is 2.21. The van der Waals surface area contributed by atoms with Gasteiger partial charge in [0.25, 0.3) is 0 Å². The zero-order valence-corrected chi connectivity index (χ0v) is 13.5. The van der Waals surface area contributed by atoms with E-state index in [1.165, 1.54) is 0 Å². The van der Waals surface area contributed by atoms with E-state index in [1.54, 1.807) is 0 Å². The summed E-state index contributed by atoms with van der Waals surface area (Å²) in [6.45, 7) is 8.85. The molecule has 0 atom stereocenters. The van der Waals surface area contributed by atoms with Crippen molar-refractivity contribution in [2.24, 2.45) is 0 Å². The number of carboxylic acids is 1. The molecule has 1 rings (SSSR count). The van der Waals surface area contributed by atoms with Crippen molar-refractivity contribution < 1.29 is 14.6 Å². The van der Waals surface area contributed by atoms with Gasteiger partial charge in [-0.15, -0.1) is 0 Å². The molecule has 0 amide bonds. The fourth-order valence-corrected chi connectivity index (χ4v) is 2.45. The molecular weight excluding hydrogens is 308 g/mol. The van der Waals surface area contributed by atoms with Gasteiger partial charge in [0, 0.05) is 16.5 Å². The summed E-state index contributed by atoms with van der Waals surface area (Å²) in [5.74, 6) is 0.0910. The quantitative estimate of drug-likeness (QED) is 0.819. The number of rotatable bonds is 5. The van der Waals surface area contributed by atoms with Crippen LogP contribution >= 0.6 is 15.9 Å². The number of hydrogen-bond donors (Lipinski definition) is 1. The van der Waals surface area contributed by atoms with Crippen LogP contribution < -0.4 is 4.74 Å². The van der Waals surface area contributed by atoms with Crippen LogP contribution in [0.25, 0.3) is 0 Å². The van der Waals surface area contributed by atoms with E-state index in [0.717, 1.165) is 21.3 Å². The van der Waals surface area contributed by atoms with Crippen LogP contribution in [0.1, 0.15) is 44.7 Å². The number of ether oxygens (including phenoxy) is 1. The van der Waals surface area contributed by atoms with Gasteiger partial charge in [-0.25, -0.2) is 0 Å². The smallest absolute Gasteiger partial charge is 0.303 e. The third-order valence-electron chi connectivity index (χ3n) is 2.83. The van der Waals surface area contributed by atoms with E-state index in [4.69, 9.17) is 9.84 Å². The summed E-state index contributed by atoms with van der Waals surface area (Å²) in [6, 6.07) is 4.08. The molecule has 0 aliphatic heterocycles. The molecule has 1 N–H and O–H groups in total. The Bertz CT molecular complexity index is 461. The molecular formula is C15H21BrO3. The Morgan fingerprint density at radius 3 is 2.53 bits per heavy atom. The lowest BCUT2D eigenvalue weighted by Crippen LogP contribution is -2.15. The second-order valence-corrected chi connectivity index (χ2v) is 6.61. The van der Waals surface area contributed by atoms with Crippen molar-refractivity contribution in [3.05, 3.63) is 27.7 Å². The van der Waals surface area contributed by atoms with Crippen LogP contribution in [0.5, 0.6) is 5.75 Å². The van der Waals surface area contributed by atoms with Gasteiger partial charge in [-0.3, -0.25) is 4.79 Å². The van der Waals surface area contributed by atoms with Crippen molar-refractivity contribution >= 4 is 21.9 Å². The van der Waals surface area contributed by atoms with Crippen LogP contribution in [0.15, 0.2) is 16.6 Å². The average molecular weight is 329 g/mol. The minimum Gasteiger partial charge on any atom is -0.493 e. The summed E-state index contributed by atoms with van der Waals surface area (Å²) in [5, 5.41) is 8.62. The predicted octanol–water partition coefficient (Wildman–Crippen LogP) is 4.30. The Morgan fingerprint density at radius 2 is 2.00 bits per heavy atom. The number of aliphatic carboxylic acids is 1. The van der Waals surface area contributed by atoms with E-state index in [9.17, 15) is 4.79 Å². The number of benzene rings is 1. The Balaban J connectivity index is 2.89. The van der Waals surface area contributed by atoms with Crippen LogP contribution in [0.2, 0.25) is 0 Å². The molecule has 0 saturated carbocycles. The van der Waals surface area contributed by atoms with Gasteiger partial charge in [-0.1, -0.05) is 36.7 Å². The molecule has 4 heteroatoms. The summed E-state index contributed by atoms with van der Waals surface area (Å²) >= 11 is 3.51. The molecule has 0 radical (unpaired) electrons. The third kappa shape index (κ3) is 4.86. The van der Waals surface area contributed by atoms with Crippen LogP contribution in [0.4, 0.5) is 0 Å². The van der Waals surface area contributed by atoms with Gasteiger partial charge in [0.2, 0.25) is 0 Å². The van der Waals surface area contributed by atoms with Gasteiger partial charge < -0.3 is 9.84 Å². The van der Waals surface area contributed by atoms with Gasteiger partial charge in [-0.2, -0.15) is 0 Å². The van der Waals surface area contributed by atoms with E-state index >= 15 is 0 Å². The Kier molecular flexibility index (Phi) is 5.41. The Labute approximate surface area is 123 Å². The first-order valence-electron chi connectivity index (χ1n) is 6.37. The van der Waals surface area contributed by atoms with Crippen LogP contribution in [0, 0.1) is 6.92 Å². The Morgan fingerprint density at radius 1 is 1.37 bits per heavy atom. The lowest BCUT2D eigenvalue weighted by molar-refractivity contribution is -0.137. The lowest BCUT2D eigenvalue weighted by Gasteiger charge is -2.24. The van der Waals surface area contributed by atoms with Crippen LogP contribution in [-0.4, -0.2) is 17.7 Å². The number of aryl methyl sites for hydroxylation is 1. The van der Waals surface area contributed by atoms with Gasteiger partial charge in [0.05, 0.1) is 6.61 Å². The molecule has 0 aliphatic carbocycles. The third-order valence-corrected chi connectivity index (χ3v) is 3.29. The normalized spacial score (nSPS) is 11.4. The maximum absolute atomic E-state index is 10.5. The second-order valence-electron chi connectivity index (χ2n) is 5.70. The highest BCUT2D eigenvalue weighted by molar-refractivity contribution is 9.10. The molecule has 0 heterocycles. The molecule has 106 valence electrons. The maximum Gasteiger partial charge on any atom is 0.303 e. The van der Waals surface area contributed by atoms with Crippen molar-refractivity contribution in [3.63, 3.8) is 0 Å². The fourth-order valence-electron chi connectivity index (χ4n) is 1.88. The molecule has 0 aliphatic rings. The van der Waals surface area contributed by atoms with E-state index in [1.807, 2.05) is 13.0 Å². The molecule has 0 bridgehead atoms. The van der Waals surface area contributed by atoms with Crippen LogP contribution in [0.3, 0.4) is 0 Å². The number of hydrogen-bond acceptors (Lipinski definition) is 2. The number of halogens is 1. The topological polar surface area (TPSA) is 46.5 Å². The summed E-state index contributed by atoms with van der Waals surface area (Å²) in [4.78, 5) is 10.5. The standard InChI is InChI=1S/C15H21BrO3/c1-10-8-11(16)9-12(15(2,3)4)14(10)19-7-5-6-13(17)18/h8-9H,5-7H2,1-4H3,(H,17,18). The number of carbonyl (C=O) groups is 1. The summed E-state index contributed by atoms with van der Waals surface area (Å²) in [6.07, 6.45) is 0.662. The van der Waals surface area contributed by atoms with Crippen molar-refractivity contribution in [2.75, 3.05) is 6.61 Å². The predicted molar refractivity (Wildman–Crippen MR) is 79.9 cm³/mol. The Hall–Kier alpha value is -1.03. The lowest BCUT2D eigenvalue weighted by atomic mass is 9.85. The fraction of sp³-hybridized carbons (Fsp3) is 0.533. The molecule has 0 fully saturated rings. The first-order valence-corrected chi connectivity index (χ1v) is 7.16. The minimum atomic E-state index is -0.785. The molecule has 1 aromatic rings. The van der Waals surface area contributed by atoms with Gasteiger partial charge >= 0.3 is 5.97 Å². The van der Waals surface area contributed by atoms with Crippen LogP contribution in [-0.2, 0) is 10.2 Å². The van der Waals surface area contributed by atoms with E-state index < -0.39 is 5.97 Å². The van der Waals surface area contributed by atoms with E-state index in [-0.39, 0.29) is 11.8 Å². The molecule has 0 aromatic heterocycles. The zero-order chi connectivity index (χ0) is 14.6. The zero-order valence-electron chi connectivity index (χ0n) is 11.9. The molecule has 0 saturated heterocycles. The van der Waals surface area contributed by atoms with Crippen molar-refractivity contribution in [1.29, 1.82) is 0 Å². The largest absolute Gasteiger partial charge is 0.493 e. The highest BCUT2D eigenvalue weighted by Crippen LogP contribution is 2.36. The second kappa shape index (κ2) is 6.42. The maximum atomic E-state index is 10.5. The van der Waals surface area contributed by atoms with Gasteiger partial charge in [0.15, 0.2) is 0 Å². The van der Waals surface area contributed by atoms with E-state index in [2.05, 4.69) is 42.8 Å². The van der Waals surface area contributed by atoms with Gasteiger partial charge in [0.1, 0.15) is 5.75 Å². The minimum absolute atomic E-state index is 0.0172. The molecule has 19 heavy (non-hydrogen) atoms. The average Bonchev–Trinajstić information content (AvgIpc) is 2.24. The van der Waals surface area contributed by atoms with E-state index in [0.29, 0.717) is 13.0 Å². The molecule has 1 aromatic carbocycles. The molecule has 0 unspecified atom stereocenters. The summed E-state index contributed by atoms with van der Waals surface area (Å²) < 4.78 is 6.85. The number of carboxylic acid groups (broad SMARTS) is 1. The van der Waals surface area contributed by atoms with Crippen molar-refractivity contribution in [1.82, 2.24) is 0 Å². The SMILES string of the molecule is Cc1cc(Br)cc(C(C)(C)C)c1OCCCC(=O)O. The van der Waals surface area contributed by atoms with Gasteiger partial charge in [-0.05, 0) is 36.5 Å². The molecule has 0 spiro atoms. The van der Waals surface area contributed by atoms with Crippen molar-refractivity contribution in [2.45, 2.75) is 46.0 Å². The highest BCUT2D eigenvalue weighted by atomic mass is 79.9. The first-order chi connectivity index (χ1) is 8.71. The van der Waals surface area contributed by atoms with Crippen molar-refractivity contribution in [3.8, 4) is 5.75 Å². The summed E-state index contributed by atoms with van der Waals surface area (Å²) in [7, 11) is 0. The summed E-state index contributed by atoms with van der Waals surface area (Å²) in [5.41, 5.74) is 2.18.